The van der Waals surface area contributed by atoms with Crippen LogP contribution in [-0.2, 0) is 14.8 Å². The Morgan fingerprint density at radius 1 is 1.48 bits per heavy atom. The van der Waals surface area contributed by atoms with Crippen LogP contribution in [0.25, 0.3) is 0 Å². The summed E-state index contributed by atoms with van der Waals surface area (Å²) in [4.78, 5) is 11.9. The number of hydrogen-bond acceptors (Lipinski definition) is 3. The molecule has 5 nitrogen and oxygen atoms in total. The van der Waals surface area contributed by atoms with E-state index >= 15 is 0 Å². The highest BCUT2D eigenvalue weighted by Crippen LogP contribution is 2.24. The van der Waals surface area contributed by atoms with Crippen LogP contribution in [0.1, 0.15) is 20.3 Å². The maximum absolute atomic E-state index is 13.2. The van der Waals surface area contributed by atoms with E-state index in [1.165, 1.54) is 12.1 Å². The molecule has 0 spiro atoms. The average Bonchev–Trinajstić information content (AvgIpc) is 2.38. The number of nitrogens with zero attached hydrogens (tertiary/aromatic N) is 1. The van der Waals surface area contributed by atoms with Gasteiger partial charge >= 0.3 is 0 Å². The highest BCUT2D eigenvalue weighted by atomic mass is 35.5. The van der Waals surface area contributed by atoms with Crippen molar-refractivity contribution >= 4 is 33.2 Å². The van der Waals surface area contributed by atoms with Crippen LogP contribution in [0.5, 0.6) is 0 Å². The van der Waals surface area contributed by atoms with Crippen molar-refractivity contribution in [2.75, 3.05) is 17.1 Å². The van der Waals surface area contributed by atoms with Crippen molar-refractivity contribution in [1.82, 2.24) is 5.32 Å². The van der Waals surface area contributed by atoms with Crippen molar-refractivity contribution < 1.29 is 17.6 Å². The quantitative estimate of drug-likeness (QED) is 0.865. The number of amides is 1. The lowest BCUT2D eigenvalue weighted by molar-refractivity contribution is -0.120. The average molecular weight is 337 g/mol. The Morgan fingerprint density at radius 3 is 2.57 bits per heavy atom. The molecular weight excluding hydrogens is 319 g/mol. The molecule has 21 heavy (non-hydrogen) atoms. The minimum Gasteiger partial charge on any atom is -0.352 e. The van der Waals surface area contributed by atoms with E-state index in [0.717, 1.165) is 23.0 Å². The van der Waals surface area contributed by atoms with Gasteiger partial charge in [-0.25, -0.2) is 12.8 Å². The van der Waals surface area contributed by atoms with Crippen molar-refractivity contribution in [1.29, 1.82) is 0 Å². The van der Waals surface area contributed by atoms with E-state index in [2.05, 4.69) is 5.32 Å². The lowest BCUT2D eigenvalue weighted by Gasteiger charge is -2.23. The van der Waals surface area contributed by atoms with Crippen LogP contribution in [0.15, 0.2) is 18.2 Å². The van der Waals surface area contributed by atoms with Crippen LogP contribution in [-0.4, -0.2) is 33.2 Å². The zero-order valence-electron chi connectivity index (χ0n) is 12.1. The molecule has 0 aromatic heterocycles. The number of sulfonamides is 1. The van der Waals surface area contributed by atoms with Gasteiger partial charge in [0.25, 0.3) is 0 Å². The maximum atomic E-state index is 13.2. The van der Waals surface area contributed by atoms with E-state index in [-0.39, 0.29) is 23.3 Å². The summed E-state index contributed by atoms with van der Waals surface area (Å²) < 4.78 is 37.7. The summed E-state index contributed by atoms with van der Waals surface area (Å²) in [6.07, 6.45) is 1.70. The SMILES string of the molecule is CC[C@H](C)NC(=O)CN(c1ccc(F)c(Cl)c1)S(C)(=O)=O. The van der Waals surface area contributed by atoms with Gasteiger partial charge in [0.15, 0.2) is 0 Å². The first-order valence-corrected chi connectivity index (χ1v) is 8.60. The molecule has 8 heteroatoms. The molecule has 1 aromatic carbocycles. The summed E-state index contributed by atoms with van der Waals surface area (Å²) in [6, 6.07) is 3.44. The molecule has 0 aliphatic rings. The summed E-state index contributed by atoms with van der Waals surface area (Å²) in [5.41, 5.74) is 0.142. The molecule has 1 aromatic rings. The summed E-state index contributed by atoms with van der Waals surface area (Å²) >= 11 is 5.65. The molecule has 0 fully saturated rings. The minimum absolute atomic E-state index is 0.0595. The molecule has 0 aliphatic carbocycles. The summed E-state index contributed by atoms with van der Waals surface area (Å²) in [7, 11) is -3.69. The fraction of sp³-hybridized carbons (Fsp3) is 0.462. The molecule has 1 N–H and O–H groups in total. The second-order valence-electron chi connectivity index (χ2n) is 4.74. The normalized spacial score (nSPS) is 12.8. The number of nitrogens with one attached hydrogen (secondary N) is 1. The van der Waals surface area contributed by atoms with E-state index in [1.54, 1.807) is 0 Å². The monoisotopic (exact) mass is 336 g/mol. The van der Waals surface area contributed by atoms with Gasteiger partial charge in [-0.2, -0.15) is 0 Å². The summed E-state index contributed by atoms with van der Waals surface area (Å²) in [5.74, 6) is -1.09. The molecule has 0 unspecified atom stereocenters. The van der Waals surface area contributed by atoms with Crippen molar-refractivity contribution in [2.45, 2.75) is 26.3 Å². The standard InChI is InChI=1S/C13H18ClFN2O3S/c1-4-9(2)16-13(18)8-17(21(3,19)20)10-5-6-12(15)11(14)7-10/h5-7,9H,4,8H2,1-3H3,(H,16,18)/t9-/m0/s1. The molecule has 1 atom stereocenters. The summed E-state index contributed by atoms with van der Waals surface area (Å²) in [6.45, 7) is 3.33. The van der Waals surface area contributed by atoms with Crippen LogP contribution in [0, 0.1) is 5.82 Å². The Kier molecular flexibility index (Phi) is 5.98. The van der Waals surface area contributed by atoms with Gasteiger partial charge in [-0.15, -0.1) is 0 Å². The van der Waals surface area contributed by atoms with Crippen LogP contribution in [0.3, 0.4) is 0 Å². The lowest BCUT2D eigenvalue weighted by atomic mass is 10.2. The van der Waals surface area contributed by atoms with E-state index in [0.29, 0.717) is 0 Å². The van der Waals surface area contributed by atoms with E-state index < -0.39 is 21.7 Å². The fourth-order valence-corrected chi connectivity index (χ4v) is 2.62. The number of carbonyl (C=O) groups is 1. The van der Waals surface area contributed by atoms with Crippen molar-refractivity contribution in [3.63, 3.8) is 0 Å². The zero-order chi connectivity index (χ0) is 16.2. The van der Waals surface area contributed by atoms with Gasteiger partial charge in [0, 0.05) is 6.04 Å². The molecule has 0 saturated carbocycles. The second kappa shape index (κ2) is 7.09. The minimum atomic E-state index is -3.69. The molecule has 0 aliphatic heterocycles. The van der Waals surface area contributed by atoms with Crippen LogP contribution < -0.4 is 9.62 Å². The molecule has 1 rings (SSSR count). The molecule has 0 bridgehead atoms. The van der Waals surface area contributed by atoms with E-state index in [9.17, 15) is 17.6 Å². The Balaban J connectivity index is 3.02. The molecule has 118 valence electrons. The molecule has 0 saturated heterocycles. The predicted molar refractivity (Wildman–Crippen MR) is 81.5 cm³/mol. The number of halogens is 2. The van der Waals surface area contributed by atoms with Crippen molar-refractivity contribution in [3.05, 3.63) is 29.0 Å². The number of anilines is 1. The second-order valence-corrected chi connectivity index (χ2v) is 7.06. The predicted octanol–water partition coefficient (Wildman–Crippen LogP) is 2.16. The highest BCUT2D eigenvalue weighted by Gasteiger charge is 2.22. The zero-order valence-corrected chi connectivity index (χ0v) is 13.6. The highest BCUT2D eigenvalue weighted by molar-refractivity contribution is 7.92. The van der Waals surface area contributed by atoms with Gasteiger partial charge in [0.05, 0.1) is 17.0 Å². The van der Waals surface area contributed by atoms with Gasteiger partial charge in [-0.3, -0.25) is 9.10 Å². The number of rotatable bonds is 6. The number of benzene rings is 1. The third-order valence-electron chi connectivity index (χ3n) is 2.90. The van der Waals surface area contributed by atoms with Crippen LogP contribution in [0.2, 0.25) is 5.02 Å². The number of hydrogen-bond donors (Lipinski definition) is 1. The van der Waals surface area contributed by atoms with E-state index in [4.69, 9.17) is 11.6 Å². The van der Waals surface area contributed by atoms with Gasteiger partial charge in [-0.1, -0.05) is 18.5 Å². The summed E-state index contributed by atoms with van der Waals surface area (Å²) in [5, 5.41) is 2.47. The topological polar surface area (TPSA) is 66.5 Å². The molecular formula is C13H18ClFN2O3S. The van der Waals surface area contributed by atoms with Crippen molar-refractivity contribution in [3.8, 4) is 0 Å². The number of carbonyl (C=O) groups excluding carboxylic acids is 1. The Bertz CT molecular complexity index is 622. The Morgan fingerprint density at radius 2 is 2.10 bits per heavy atom. The van der Waals surface area contributed by atoms with Gasteiger partial charge in [0.2, 0.25) is 15.9 Å². The van der Waals surface area contributed by atoms with E-state index in [1.807, 2.05) is 13.8 Å². The fourth-order valence-electron chi connectivity index (χ4n) is 1.59. The maximum Gasteiger partial charge on any atom is 0.240 e. The third-order valence-corrected chi connectivity index (χ3v) is 4.33. The molecule has 0 radical (unpaired) electrons. The van der Waals surface area contributed by atoms with Gasteiger partial charge in [-0.05, 0) is 31.5 Å². The molecule has 0 heterocycles. The Hall–Kier alpha value is -1.34. The van der Waals surface area contributed by atoms with Gasteiger partial charge < -0.3 is 5.32 Å². The lowest BCUT2D eigenvalue weighted by Crippen LogP contribution is -2.43. The van der Waals surface area contributed by atoms with Crippen LogP contribution >= 0.6 is 11.6 Å². The Labute approximate surface area is 129 Å². The van der Waals surface area contributed by atoms with Crippen molar-refractivity contribution in [2.24, 2.45) is 0 Å². The first-order chi connectivity index (χ1) is 9.65. The third kappa shape index (κ3) is 5.17. The largest absolute Gasteiger partial charge is 0.352 e. The van der Waals surface area contributed by atoms with Crippen LogP contribution in [0.4, 0.5) is 10.1 Å². The smallest absolute Gasteiger partial charge is 0.240 e. The first-order valence-electron chi connectivity index (χ1n) is 6.37. The van der Waals surface area contributed by atoms with Gasteiger partial charge in [0.1, 0.15) is 12.4 Å². The molecule has 1 amide bonds. The first kappa shape index (κ1) is 17.7.